The lowest BCUT2D eigenvalue weighted by Gasteiger charge is -2.19. The number of nitrogens with zero attached hydrogens (tertiary/aromatic N) is 4. The molecule has 1 fully saturated rings. The van der Waals surface area contributed by atoms with Crippen molar-refractivity contribution < 1.29 is 9.53 Å². The zero-order valence-electron chi connectivity index (χ0n) is 15.6. The normalized spacial score (nSPS) is 18.4. The molecule has 6 nitrogen and oxygen atoms in total. The van der Waals surface area contributed by atoms with Gasteiger partial charge in [-0.2, -0.15) is 5.10 Å². The minimum Gasteiger partial charge on any atom is -0.380 e. The predicted octanol–water partition coefficient (Wildman–Crippen LogP) is 2.07. The van der Waals surface area contributed by atoms with Crippen LogP contribution >= 0.6 is 0 Å². The number of hydrogen-bond acceptors (Lipinski definition) is 4. The molecule has 0 atom stereocenters. The molecule has 0 bridgehead atoms. The highest BCUT2D eigenvalue weighted by Gasteiger charge is 2.20. The van der Waals surface area contributed by atoms with E-state index in [-0.39, 0.29) is 5.91 Å². The summed E-state index contributed by atoms with van der Waals surface area (Å²) in [6, 6.07) is 2.20. The quantitative estimate of drug-likeness (QED) is 0.675. The van der Waals surface area contributed by atoms with Gasteiger partial charge < -0.3 is 9.64 Å². The highest BCUT2D eigenvalue weighted by Crippen LogP contribution is 2.16. The van der Waals surface area contributed by atoms with E-state index in [2.05, 4.69) is 22.6 Å². The highest BCUT2D eigenvalue weighted by atomic mass is 16.5. The lowest BCUT2D eigenvalue weighted by atomic mass is 10.2. The summed E-state index contributed by atoms with van der Waals surface area (Å²) in [4.78, 5) is 16.7. The van der Waals surface area contributed by atoms with Gasteiger partial charge in [0.05, 0.1) is 18.0 Å². The van der Waals surface area contributed by atoms with Crippen molar-refractivity contribution in [3.8, 4) is 0 Å². The van der Waals surface area contributed by atoms with E-state index in [1.54, 1.807) is 0 Å². The van der Waals surface area contributed by atoms with Gasteiger partial charge in [0.15, 0.2) is 0 Å². The number of carbonyl (C=O) groups is 1. The molecule has 0 aromatic carbocycles. The minimum atomic E-state index is 0.287. The van der Waals surface area contributed by atoms with E-state index in [9.17, 15) is 4.79 Å². The van der Waals surface area contributed by atoms with Crippen molar-refractivity contribution in [1.29, 1.82) is 0 Å². The van der Waals surface area contributed by atoms with Crippen LogP contribution in [0.4, 0.5) is 0 Å². The van der Waals surface area contributed by atoms with E-state index in [0.29, 0.717) is 6.42 Å². The topological polar surface area (TPSA) is 50.6 Å². The van der Waals surface area contributed by atoms with Crippen molar-refractivity contribution in [1.82, 2.24) is 19.6 Å². The number of hydrogen-bond donors (Lipinski definition) is 0. The van der Waals surface area contributed by atoms with E-state index in [1.807, 2.05) is 4.90 Å². The first-order chi connectivity index (χ1) is 12.3. The van der Waals surface area contributed by atoms with Crippen LogP contribution < -0.4 is 0 Å². The fraction of sp³-hybridized carbons (Fsp3) is 0.789. The van der Waals surface area contributed by atoms with Gasteiger partial charge >= 0.3 is 0 Å². The monoisotopic (exact) mass is 348 g/mol. The third-order valence-electron chi connectivity index (χ3n) is 5.10. The summed E-state index contributed by atoms with van der Waals surface area (Å²) in [5.74, 6) is 0.287. The summed E-state index contributed by atoms with van der Waals surface area (Å²) in [6.07, 6.45) is 5.85. The lowest BCUT2D eigenvalue weighted by molar-refractivity contribution is -0.130. The van der Waals surface area contributed by atoms with Crippen molar-refractivity contribution in [2.75, 3.05) is 39.4 Å². The Bertz CT molecular complexity index is 552. The van der Waals surface area contributed by atoms with Crippen molar-refractivity contribution in [3.05, 3.63) is 17.5 Å². The molecule has 0 N–H and O–H groups in total. The van der Waals surface area contributed by atoms with Gasteiger partial charge in [0.2, 0.25) is 5.91 Å². The summed E-state index contributed by atoms with van der Waals surface area (Å²) in [5.41, 5.74) is 2.34. The number of rotatable bonds is 8. The number of ether oxygens (including phenoxy) is 1. The number of aromatic nitrogens is 2. The van der Waals surface area contributed by atoms with Crippen molar-refractivity contribution in [3.63, 3.8) is 0 Å². The molecule has 2 aliphatic heterocycles. The average Bonchev–Trinajstić information content (AvgIpc) is 3.24. The molecular formula is C19H32N4O2. The molecule has 1 aromatic rings. The summed E-state index contributed by atoms with van der Waals surface area (Å²) in [6.45, 7) is 9.65. The number of carbonyl (C=O) groups excluding carboxylic acids is 1. The van der Waals surface area contributed by atoms with Crippen LogP contribution in [0.2, 0.25) is 0 Å². The molecule has 25 heavy (non-hydrogen) atoms. The van der Waals surface area contributed by atoms with E-state index < -0.39 is 0 Å². The second-order valence-electron chi connectivity index (χ2n) is 7.18. The molecule has 140 valence electrons. The maximum atomic E-state index is 12.2. The Morgan fingerprint density at radius 1 is 1.16 bits per heavy atom. The molecule has 0 unspecified atom stereocenters. The molecule has 1 amide bonds. The summed E-state index contributed by atoms with van der Waals surface area (Å²) < 4.78 is 7.77. The first kappa shape index (κ1) is 18.4. The third kappa shape index (κ3) is 5.28. The smallest absolute Gasteiger partial charge is 0.222 e. The molecule has 6 heteroatoms. The number of likely N-dealkylation sites (tertiary alicyclic amines) is 1. The Labute approximate surface area is 151 Å². The van der Waals surface area contributed by atoms with Gasteiger partial charge in [0.1, 0.15) is 0 Å². The van der Waals surface area contributed by atoms with E-state index in [0.717, 1.165) is 90.3 Å². The van der Waals surface area contributed by atoms with Crippen molar-refractivity contribution >= 4 is 5.91 Å². The van der Waals surface area contributed by atoms with Crippen molar-refractivity contribution in [2.45, 2.75) is 58.5 Å². The van der Waals surface area contributed by atoms with Gasteiger partial charge in [-0.1, -0.05) is 6.92 Å². The Morgan fingerprint density at radius 2 is 2.00 bits per heavy atom. The van der Waals surface area contributed by atoms with Crippen LogP contribution in [0.15, 0.2) is 6.07 Å². The SMILES string of the molecule is CCCOCCN1CCCn2nc(CCC(=O)N3CCCC3)cc2C1. The van der Waals surface area contributed by atoms with Gasteiger partial charge in [0.25, 0.3) is 0 Å². The summed E-state index contributed by atoms with van der Waals surface area (Å²) in [7, 11) is 0. The van der Waals surface area contributed by atoms with Crippen LogP contribution in [0.5, 0.6) is 0 Å². The van der Waals surface area contributed by atoms with Gasteiger partial charge in [0, 0.05) is 58.7 Å². The molecule has 1 saturated heterocycles. The molecule has 3 rings (SSSR count). The molecule has 2 aliphatic rings. The maximum absolute atomic E-state index is 12.2. The predicted molar refractivity (Wildman–Crippen MR) is 97.4 cm³/mol. The van der Waals surface area contributed by atoms with Crippen LogP contribution in [-0.4, -0.2) is 64.9 Å². The zero-order valence-corrected chi connectivity index (χ0v) is 15.6. The summed E-state index contributed by atoms with van der Waals surface area (Å²) in [5, 5.41) is 4.74. The van der Waals surface area contributed by atoms with Crippen LogP contribution in [0.25, 0.3) is 0 Å². The van der Waals surface area contributed by atoms with Gasteiger partial charge in [-0.15, -0.1) is 0 Å². The van der Waals surface area contributed by atoms with Gasteiger partial charge in [-0.25, -0.2) is 0 Å². The number of amides is 1. The fourth-order valence-electron chi connectivity index (χ4n) is 3.70. The van der Waals surface area contributed by atoms with Gasteiger partial charge in [-0.3, -0.25) is 14.4 Å². The summed E-state index contributed by atoms with van der Waals surface area (Å²) >= 11 is 0. The van der Waals surface area contributed by atoms with Crippen LogP contribution in [-0.2, 0) is 29.0 Å². The fourth-order valence-corrected chi connectivity index (χ4v) is 3.70. The molecule has 0 aliphatic carbocycles. The Hall–Kier alpha value is -1.40. The molecule has 1 aromatic heterocycles. The van der Waals surface area contributed by atoms with E-state index in [4.69, 9.17) is 9.84 Å². The lowest BCUT2D eigenvalue weighted by Crippen LogP contribution is -2.27. The molecule has 0 spiro atoms. The van der Waals surface area contributed by atoms with Crippen molar-refractivity contribution in [2.24, 2.45) is 0 Å². The van der Waals surface area contributed by atoms with Gasteiger partial charge in [-0.05, 0) is 31.7 Å². The number of aryl methyl sites for hydroxylation is 2. The molecule has 0 radical (unpaired) electrons. The Balaban J connectivity index is 1.49. The van der Waals surface area contributed by atoms with Crippen LogP contribution in [0, 0.1) is 0 Å². The second-order valence-corrected chi connectivity index (χ2v) is 7.18. The second kappa shape index (κ2) is 9.34. The highest BCUT2D eigenvalue weighted by molar-refractivity contribution is 5.76. The Kier molecular flexibility index (Phi) is 6.87. The van der Waals surface area contributed by atoms with Crippen LogP contribution in [0.1, 0.15) is 50.4 Å². The standard InChI is InChI=1S/C19H32N4O2/c1-2-13-25-14-12-21-8-5-11-23-18(16-21)15-17(20-23)6-7-19(24)22-9-3-4-10-22/h15H,2-14,16H2,1H3. The Morgan fingerprint density at radius 3 is 2.80 bits per heavy atom. The molecule has 3 heterocycles. The van der Waals surface area contributed by atoms with Crippen LogP contribution in [0.3, 0.4) is 0 Å². The average molecular weight is 348 g/mol. The zero-order chi connectivity index (χ0) is 17.5. The minimum absolute atomic E-state index is 0.287. The number of fused-ring (bicyclic) bond motifs is 1. The van der Waals surface area contributed by atoms with E-state index >= 15 is 0 Å². The largest absolute Gasteiger partial charge is 0.380 e. The molecular weight excluding hydrogens is 316 g/mol. The first-order valence-electron chi connectivity index (χ1n) is 9.89. The molecule has 0 saturated carbocycles. The third-order valence-corrected chi connectivity index (χ3v) is 5.10. The van der Waals surface area contributed by atoms with E-state index in [1.165, 1.54) is 5.69 Å². The maximum Gasteiger partial charge on any atom is 0.222 e. The first-order valence-corrected chi connectivity index (χ1v) is 9.89.